The number of hydrogen-bond acceptors (Lipinski definition) is 1. The number of nitrogens with zero attached hydrogens (tertiary/aromatic N) is 1. The summed E-state index contributed by atoms with van der Waals surface area (Å²) >= 11 is 0. The third-order valence-electron chi connectivity index (χ3n) is 4.96. The summed E-state index contributed by atoms with van der Waals surface area (Å²) in [5.74, 6) is 0.465. The molecule has 1 heterocycles. The molecule has 1 N–H and O–H groups in total. The molecule has 1 aliphatic rings. The highest BCUT2D eigenvalue weighted by Gasteiger charge is 2.20. The summed E-state index contributed by atoms with van der Waals surface area (Å²) in [6.45, 7) is 8.00. The molecule has 2 aromatic rings. The molecule has 0 unspecified atom stereocenters. The molecule has 2 aromatic carbocycles. The van der Waals surface area contributed by atoms with E-state index in [1.54, 1.807) is 17.0 Å². The van der Waals surface area contributed by atoms with Crippen LogP contribution < -0.4 is 9.80 Å². The molecule has 0 aromatic heterocycles. The van der Waals surface area contributed by atoms with Gasteiger partial charge in [0.05, 0.1) is 32.7 Å². The van der Waals surface area contributed by atoms with E-state index in [4.69, 9.17) is 0 Å². The standard InChI is InChI=1S/C20H25FN2/c1-17(18-5-3-2-4-6-18)11-12-22-13-15-23(16-14-22)20-9-7-19(21)8-10-20/h2-10,17H,11-16H2,1H3/p+1/t17-/m0/s1. The van der Waals surface area contributed by atoms with Crippen molar-refractivity contribution in [2.24, 2.45) is 0 Å². The van der Waals surface area contributed by atoms with Crippen molar-refractivity contribution in [1.82, 2.24) is 0 Å². The van der Waals surface area contributed by atoms with E-state index in [0.717, 1.165) is 18.8 Å². The lowest BCUT2D eigenvalue weighted by molar-refractivity contribution is -0.901. The minimum atomic E-state index is -0.159. The van der Waals surface area contributed by atoms with E-state index in [9.17, 15) is 4.39 Å². The molecule has 0 radical (unpaired) electrons. The Balaban J connectivity index is 1.45. The maximum absolute atomic E-state index is 13.0. The number of halogens is 1. The first-order chi connectivity index (χ1) is 11.2. The molecular formula is C20H26FN2+. The van der Waals surface area contributed by atoms with Gasteiger partial charge in [0.15, 0.2) is 0 Å². The van der Waals surface area contributed by atoms with Crippen LogP contribution in [0.15, 0.2) is 54.6 Å². The van der Waals surface area contributed by atoms with Crippen molar-refractivity contribution < 1.29 is 9.29 Å². The summed E-state index contributed by atoms with van der Waals surface area (Å²) in [5, 5.41) is 0. The molecule has 1 saturated heterocycles. The van der Waals surface area contributed by atoms with E-state index in [-0.39, 0.29) is 5.82 Å². The van der Waals surface area contributed by atoms with E-state index >= 15 is 0 Å². The van der Waals surface area contributed by atoms with Crippen LogP contribution in [-0.4, -0.2) is 32.7 Å². The lowest BCUT2D eigenvalue weighted by Gasteiger charge is -2.34. The first-order valence-corrected chi connectivity index (χ1v) is 8.61. The Bertz CT molecular complexity index is 589. The van der Waals surface area contributed by atoms with Crippen LogP contribution in [0.2, 0.25) is 0 Å². The minimum absolute atomic E-state index is 0.159. The van der Waals surface area contributed by atoms with Crippen molar-refractivity contribution in [2.45, 2.75) is 19.3 Å². The monoisotopic (exact) mass is 313 g/mol. The summed E-state index contributed by atoms with van der Waals surface area (Å²) < 4.78 is 13.0. The van der Waals surface area contributed by atoms with Gasteiger partial charge in [-0.3, -0.25) is 0 Å². The summed E-state index contributed by atoms with van der Waals surface area (Å²) in [6, 6.07) is 17.7. The molecule has 0 spiro atoms. The van der Waals surface area contributed by atoms with Crippen molar-refractivity contribution >= 4 is 5.69 Å². The average Bonchev–Trinajstić information content (AvgIpc) is 2.61. The highest BCUT2D eigenvalue weighted by Crippen LogP contribution is 2.17. The molecule has 3 rings (SSSR count). The van der Waals surface area contributed by atoms with Crippen LogP contribution in [0.1, 0.15) is 24.8 Å². The first kappa shape index (κ1) is 16.0. The van der Waals surface area contributed by atoms with Gasteiger partial charge >= 0.3 is 0 Å². The van der Waals surface area contributed by atoms with Gasteiger partial charge in [-0.2, -0.15) is 0 Å². The molecule has 2 nitrogen and oxygen atoms in total. The third-order valence-corrected chi connectivity index (χ3v) is 4.96. The number of hydrogen-bond donors (Lipinski definition) is 1. The Kier molecular flexibility index (Phi) is 5.29. The van der Waals surface area contributed by atoms with Gasteiger partial charge in [0, 0.05) is 12.1 Å². The van der Waals surface area contributed by atoms with Crippen molar-refractivity contribution in [2.75, 3.05) is 37.6 Å². The van der Waals surface area contributed by atoms with Gasteiger partial charge in [0.1, 0.15) is 5.82 Å². The second-order valence-corrected chi connectivity index (χ2v) is 6.56. The van der Waals surface area contributed by atoms with Crippen LogP contribution in [0.3, 0.4) is 0 Å². The summed E-state index contributed by atoms with van der Waals surface area (Å²) in [7, 11) is 0. The number of quaternary nitrogens is 1. The summed E-state index contributed by atoms with van der Waals surface area (Å²) in [6.07, 6.45) is 1.23. The third kappa shape index (κ3) is 4.32. The van der Waals surface area contributed by atoms with E-state index in [2.05, 4.69) is 42.2 Å². The Hall–Kier alpha value is -1.87. The molecule has 1 fully saturated rings. The van der Waals surface area contributed by atoms with E-state index in [0.29, 0.717) is 5.92 Å². The highest BCUT2D eigenvalue weighted by atomic mass is 19.1. The molecule has 23 heavy (non-hydrogen) atoms. The second-order valence-electron chi connectivity index (χ2n) is 6.56. The van der Waals surface area contributed by atoms with Gasteiger partial charge in [-0.05, 0) is 35.7 Å². The fourth-order valence-electron chi connectivity index (χ4n) is 3.35. The van der Waals surface area contributed by atoms with Gasteiger partial charge in [0.25, 0.3) is 0 Å². The maximum atomic E-state index is 13.0. The zero-order valence-corrected chi connectivity index (χ0v) is 13.8. The molecule has 122 valence electrons. The normalized spacial score (nSPS) is 17.2. The predicted octanol–water partition coefficient (Wildman–Crippen LogP) is 2.72. The number of rotatable bonds is 5. The second kappa shape index (κ2) is 7.60. The maximum Gasteiger partial charge on any atom is 0.123 e. The first-order valence-electron chi connectivity index (χ1n) is 8.61. The zero-order valence-electron chi connectivity index (χ0n) is 13.8. The van der Waals surface area contributed by atoms with Crippen LogP contribution in [0, 0.1) is 5.82 Å². The zero-order chi connectivity index (χ0) is 16.1. The van der Waals surface area contributed by atoms with Crippen LogP contribution in [0.5, 0.6) is 0 Å². The van der Waals surface area contributed by atoms with Crippen molar-refractivity contribution in [3.63, 3.8) is 0 Å². The average molecular weight is 313 g/mol. The Morgan fingerprint density at radius 1 is 1.00 bits per heavy atom. The van der Waals surface area contributed by atoms with E-state index in [1.807, 2.05) is 12.1 Å². The fourth-order valence-corrected chi connectivity index (χ4v) is 3.35. The predicted molar refractivity (Wildman–Crippen MR) is 93.7 cm³/mol. The van der Waals surface area contributed by atoms with Crippen LogP contribution in [0.4, 0.5) is 10.1 Å². The summed E-state index contributed by atoms with van der Waals surface area (Å²) in [4.78, 5) is 4.05. The molecule has 0 aliphatic carbocycles. The molecule has 3 heteroatoms. The number of nitrogens with one attached hydrogen (secondary N) is 1. The van der Waals surface area contributed by atoms with Crippen LogP contribution in [0.25, 0.3) is 0 Å². The number of piperazine rings is 1. The quantitative estimate of drug-likeness (QED) is 0.892. The number of benzene rings is 2. The smallest absolute Gasteiger partial charge is 0.123 e. The minimum Gasteiger partial charge on any atom is -0.360 e. The van der Waals surface area contributed by atoms with Crippen LogP contribution >= 0.6 is 0 Å². The molecule has 1 atom stereocenters. The fraction of sp³-hybridized carbons (Fsp3) is 0.400. The van der Waals surface area contributed by atoms with E-state index in [1.165, 1.54) is 31.6 Å². The van der Waals surface area contributed by atoms with E-state index < -0.39 is 0 Å². The van der Waals surface area contributed by atoms with Crippen LogP contribution in [-0.2, 0) is 0 Å². The van der Waals surface area contributed by atoms with Crippen molar-refractivity contribution in [3.05, 3.63) is 66.0 Å². The van der Waals surface area contributed by atoms with Gasteiger partial charge in [-0.25, -0.2) is 4.39 Å². The molecule has 0 saturated carbocycles. The van der Waals surface area contributed by atoms with Gasteiger partial charge in [-0.1, -0.05) is 37.3 Å². The molecule has 0 bridgehead atoms. The molecular weight excluding hydrogens is 287 g/mol. The lowest BCUT2D eigenvalue weighted by Crippen LogP contribution is -3.14. The Morgan fingerprint density at radius 3 is 2.30 bits per heavy atom. The Labute approximate surface area is 138 Å². The highest BCUT2D eigenvalue weighted by molar-refractivity contribution is 5.46. The van der Waals surface area contributed by atoms with Gasteiger partial charge < -0.3 is 9.80 Å². The van der Waals surface area contributed by atoms with Crippen molar-refractivity contribution in [3.8, 4) is 0 Å². The van der Waals surface area contributed by atoms with Crippen molar-refractivity contribution in [1.29, 1.82) is 0 Å². The summed E-state index contributed by atoms with van der Waals surface area (Å²) in [5.41, 5.74) is 2.58. The largest absolute Gasteiger partial charge is 0.360 e. The molecule has 1 aliphatic heterocycles. The SMILES string of the molecule is C[C@@H](CC[NH+]1CCN(c2ccc(F)cc2)CC1)c1ccccc1. The van der Waals surface area contributed by atoms with Gasteiger partial charge in [-0.15, -0.1) is 0 Å². The van der Waals surface area contributed by atoms with Gasteiger partial charge in [0.2, 0.25) is 0 Å². The number of anilines is 1. The Morgan fingerprint density at radius 2 is 1.65 bits per heavy atom. The lowest BCUT2D eigenvalue weighted by atomic mass is 9.97. The molecule has 0 amide bonds. The topological polar surface area (TPSA) is 7.68 Å².